The third kappa shape index (κ3) is 5.57. The van der Waals surface area contributed by atoms with Gasteiger partial charge in [-0.3, -0.25) is 4.79 Å². The summed E-state index contributed by atoms with van der Waals surface area (Å²) < 4.78 is 40.4. The summed E-state index contributed by atoms with van der Waals surface area (Å²) in [5.41, 5.74) is -0.402. The Kier molecular flexibility index (Phi) is 6.21. The van der Waals surface area contributed by atoms with Gasteiger partial charge in [0.2, 0.25) is 11.9 Å². The number of aliphatic hydroxyl groups excluding tert-OH is 1. The Bertz CT molecular complexity index is 867. The fraction of sp³-hybridized carbons (Fsp3) is 0.421. The van der Waals surface area contributed by atoms with Crippen LogP contribution in [0.3, 0.4) is 0 Å². The first-order chi connectivity index (χ1) is 13.7. The molecule has 2 aromatic rings. The van der Waals surface area contributed by atoms with Crippen molar-refractivity contribution in [3.8, 4) is 0 Å². The minimum atomic E-state index is -4.65. The fourth-order valence-electron chi connectivity index (χ4n) is 3.18. The van der Waals surface area contributed by atoms with E-state index in [2.05, 4.69) is 25.9 Å². The second-order valence-electron chi connectivity index (χ2n) is 6.96. The summed E-state index contributed by atoms with van der Waals surface area (Å²) in [7, 11) is 0. The van der Waals surface area contributed by atoms with E-state index in [9.17, 15) is 23.1 Å². The molecule has 10 heteroatoms. The zero-order valence-corrected chi connectivity index (χ0v) is 15.8. The molecule has 0 unspecified atom stereocenters. The third-order valence-corrected chi connectivity index (χ3v) is 4.61. The van der Waals surface area contributed by atoms with Crippen LogP contribution in [-0.2, 0) is 11.0 Å². The van der Waals surface area contributed by atoms with Crippen molar-refractivity contribution in [1.82, 2.24) is 9.97 Å². The fourth-order valence-corrected chi connectivity index (χ4v) is 3.18. The molecule has 0 saturated heterocycles. The first-order valence-corrected chi connectivity index (χ1v) is 9.25. The number of amides is 1. The van der Waals surface area contributed by atoms with Gasteiger partial charge in [0.25, 0.3) is 0 Å². The average molecular weight is 409 g/mol. The van der Waals surface area contributed by atoms with Crippen molar-refractivity contribution in [2.75, 3.05) is 16.0 Å². The number of aliphatic hydroxyl groups is 1. The minimum absolute atomic E-state index is 0.0188. The molecule has 1 saturated carbocycles. The van der Waals surface area contributed by atoms with Crippen molar-refractivity contribution in [3.05, 3.63) is 36.0 Å². The maximum Gasteiger partial charge on any atom is 0.421 e. The standard InChI is InChI=1S/C19H22F3N5O2/c1-11(28)24-15-4-2-3-5-16(15)26-17-14(19(20,21)22)10-23-18(27-17)25-12-6-8-13(29)9-7-12/h2-5,10,12-13,29H,6-9H2,1H3,(H,24,28)(H2,23,25,26,27). The highest BCUT2D eigenvalue weighted by molar-refractivity contribution is 5.93. The summed E-state index contributed by atoms with van der Waals surface area (Å²) in [6.45, 7) is 1.31. The van der Waals surface area contributed by atoms with Crippen LogP contribution in [0.2, 0.25) is 0 Å². The van der Waals surface area contributed by atoms with Gasteiger partial charge in [-0.2, -0.15) is 18.2 Å². The number of rotatable bonds is 5. The Morgan fingerprint density at radius 2 is 1.79 bits per heavy atom. The van der Waals surface area contributed by atoms with E-state index in [0.717, 1.165) is 6.20 Å². The summed E-state index contributed by atoms with van der Waals surface area (Å²) in [6.07, 6.45) is -1.67. The van der Waals surface area contributed by atoms with Crippen LogP contribution in [-0.4, -0.2) is 33.1 Å². The monoisotopic (exact) mass is 409 g/mol. The van der Waals surface area contributed by atoms with Crippen molar-refractivity contribution < 1.29 is 23.1 Å². The molecular weight excluding hydrogens is 387 g/mol. The quantitative estimate of drug-likeness (QED) is 0.598. The Labute approximate surface area is 165 Å². The molecule has 4 N–H and O–H groups in total. The SMILES string of the molecule is CC(=O)Nc1ccccc1Nc1nc(NC2CCC(O)CC2)ncc1C(F)(F)F. The molecule has 0 aliphatic heterocycles. The molecule has 7 nitrogen and oxygen atoms in total. The number of carbonyl (C=O) groups excluding carboxylic acids is 1. The van der Waals surface area contributed by atoms with Gasteiger partial charge in [0.15, 0.2) is 0 Å². The molecule has 29 heavy (non-hydrogen) atoms. The van der Waals surface area contributed by atoms with Gasteiger partial charge in [-0.25, -0.2) is 4.98 Å². The molecule has 1 amide bonds. The van der Waals surface area contributed by atoms with E-state index in [1.54, 1.807) is 24.3 Å². The maximum atomic E-state index is 13.5. The number of anilines is 4. The molecular formula is C19H22F3N5O2. The van der Waals surface area contributed by atoms with E-state index in [4.69, 9.17) is 0 Å². The number of benzene rings is 1. The van der Waals surface area contributed by atoms with Gasteiger partial charge in [0, 0.05) is 19.2 Å². The Morgan fingerprint density at radius 1 is 1.14 bits per heavy atom. The van der Waals surface area contributed by atoms with Gasteiger partial charge in [-0.15, -0.1) is 0 Å². The number of halogens is 3. The predicted octanol–water partition coefficient (Wildman–Crippen LogP) is 3.91. The predicted molar refractivity (Wildman–Crippen MR) is 103 cm³/mol. The number of para-hydroxylation sites is 2. The van der Waals surface area contributed by atoms with E-state index >= 15 is 0 Å². The second-order valence-corrected chi connectivity index (χ2v) is 6.96. The molecule has 0 bridgehead atoms. The molecule has 156 valence electrons. The number of hydrogen-bond acceptors (Lipinski definition) is 6. The maximum absolute atomic E-state index is 13.5. The smallest absolute Gasteiger partial charge is 0.393 e. The van der Waals surface area contributed by atoms with Crippen LogP contribution >= 0.6 is 0 Å². The molecule has 1 aromatic carbocycles. The number of alkyl halides is 3. The highest BCUT2D eigenvalue weighted by Crippen LogP contribution is 2.36. The van der Waals surface area contributed by atoms with E-state index < -0.39 is 17.6 Å². The van der Waals surface area contributed by atoms with E-state index in [-0.39, 0.29) is 29.7 Å². The minimum Gasteiger partial charge on any atom is -0.393 e. The van der Waals surface area contributed by atoms with Crippen LogP contribution in [0, 0.1) is 0 Å². The summed E-state index contributed by atoms with van der Waals surface area (Å²) in [4.78, 5) is 19.2. The molecule has 0 atom stereocenters. The molecule has 1 heterocycles. The number of carbonyl (C=O) groups is 1. The lowest BCUT2D eigenvalue weighted by Gasteiger charge is -2.26. The number of nitrogens with one attached hydrogen (secondary N) is 3. The Hall–Kier alpha value is -2.88. The van der Waals surface area contributed by atoms with Gasteiger partial charge in [0.05, 0.1) is 17.5 Å². The molecule has 1 aliphatic carbocycles. The van der Waals surface area contributed by atoms with Crippen molar-refractivity contribution in [2.45, 2.75) is 50.9 Å². The van der Waals surface area contributed by atoms with Crippen LogP contribution in [0.1, 0.15) is 38.2 Å². The van der Waals surface area contributed by atoms with Gasteiger partial charge in [0.1, 0.15) is 11.4 Å². The number of aromatic nitrogens is 2. The molecule has 0 radical (unpaired) electrons. The highest BCUT2D eigenvalue weighted by atomic mass is 19.4. The van der Waals surface area contributed by atoms with Crippen molar-refractivity contribution in [2.24, 2.45) is 0 Å². The van der Waals surface area contributed by atoms with E-state index in [1.807, 2.05) is 0 Å². The summed E-state index contributed by atoms with van der Waals surface area (Å²) >= 11 is 0. The molecule has 1 aromatic heterocycles. The number of hydrogen-bond donors (Lipinski definition) is 4. The summed E-state index contributed by atoms with van der Waals surface area (Å²) in [5, 5.41) is 17.9. The largest absolute Gasteiger partial charge is 0.421 e. The molecule has 0 spiro atoms. The first-order valence-electron chi connectivity index (χ1n) is 9.25. The normalized spacial score (nSPS) is 19.5. The lowest BCUT2D eigenvalue weighted by molar-refractivity contribution is -0.137. The first kappa shape index (κ1) is 20.8. The Balaban J connectivity index is 1.88. The highest BCUT2D eigenvalue weighted by Gasteiger charge is 2.35. The number of nitrogens with zero attached hydrogens (tertiary/aromatic N) is 2. The van der Waals surface area contributed by atoms with Crippen LogP contribution in [0.4, 0.5) is 36.3 Å². The zero-order valence-electron chi connectivity index (χ0n) is 15.8. The Morgan fingerprint density at radius 3 is 2.41 bits per heavy atom. The summed E-state index contributed by atoms with van der Waals surface area (Å²) in [6, 6.07) is 6.39. The van der Waals surface area contributed by atoms with E-state index in [1.165, 1.54) is 6.92 Å². The average Bonchev–Trinajstić information content (AvgIpc) is 2.64. The van der Waals surface area contributed by atoms with Gasteiger partial charge in [-0.1, -0.05) is 12.1 Å². The summed E-state index contributed by atoms with van der Waals surface area (Å²) in [5.74, 6) is -0.692. The van der Waals surface area contributed by atoms with Gasteiger partial charge in [-0.05, 0) is 37.8 Å². The van der Waals surface area contributed by atoms with Crippen molar-refractivity contribution in [3.63, 3.8) is 0 Å². The van der Waals surface area contributed by atoms with Gasteiger partial charge < -0.3 is 21.1 Å². The van der Waals surface area contributed by atoms with Crippen LogP contribution < -0.4 is 16.0 Å². The lowest BCUT2D eigenvalue weighted by atomic mass is 9.93. The zero-order chi connectivity index (χ0) is 21.0. The van der Waals surface area contributed by atoms with Gasteiger partial charge >= 0.3 is 6.18 Å². The molecule has 3 rings (SSSR count). The van der Waals surface area contributed by atoms with E-state index in [0.29, 0.717) is 31.4 Å². The molecule has 1 fully saturated rings. The van der Waals surface area contributed by atoms with Crippen LogP contribution in [0.5, 0.6) is 0 Å². The molecule has 1 aliphatic rings. The lowest BCUT2D eigenvalue weighted by Crippen LogP contribution is -2.29. The topological polar surface area (TPSA) is 99.2 Å². The second kappa shape index (κ2) is 8.64. The van der Waals surface area contributed by atoms with Crippen LogP contribution in [0.25, 0.3) is 0 Å². The van der Waals surface area contributed by atoms with Crippen LogP contribution in [0.15, 0.2) is 30.5 Å². The van der Waals surface area contributed by atoms with Crippen molar-refractivity contribution >= 4 is 29.0 Å². The third-order valence-electron chi connectivity index (χ3n) is 4.61. The van der Waals surface area contributed by atoms with Crippen molar-refractivity contribution in [1.29, 1.82) is 0 Å².